The van der Waals surface area contributed by atoms with Crippen LogP contribution in [0, 0.1) is 17.8 Å². The summed E-state index contributed by atoms with van der Waals surface area (Å²) >= 11 is 0. The molecule has 0 saturated heterocycles. The van der Waals surface area contributed by atoms with Gasteiger partial charge in [0.2, 0.25) is 0 Å². The fraction of sp³-hybridized carbons (Fsp3) is 0.565. The summed E-state index contributed by atoms with van der Waals surface area (Å²) in [4.78, 5) is 0. The van der Waals surface area contributed by atoms with Crippen LogP contribution in [0.2, 0.25) is 0 Å². The first-order valence-electron chi connectivity index (χ1n) is 9.80. The van der Waals surface area contributed by atoms with E-state index in [0.717, 1.165) is 23.7 Å². The molecule has 2 aliphatic rings. The largest absolute Gasteiger partial charge is 0.0808 e. The topological polar surface area (TPSA) is 0 Å². The summed E-state index contributed by atoms with van der Waals surface area (Å²) in [6.07, 6.45) is 20.7. The molecule has 2 aliphatic carbocycles. The third kappa shape index (κ3) is 4.16. The summed E-state index contributed by atoms with van der Waals surface area (Å²) in [7, 11) is 0. The monoisotopic (exact) mass is 308 g/mol. The molecule has 1 fully saturated rings. The fourth-order valence-corrected chi connectivity index (χ4v) is 4.74. The summed E-state index contributed by atoms with van der Waals surface area (Å²) in [6.45, 7) is 2.30. The maximum absolute atomic E-state index is 2.50. The van der Waals surface area contributed by atoms with Gasteiger partial charge >= 0.3 is 0 Å². The van der Waals surface area contributed by atoms with Crippen molar-refractivity contribution in [2.75, 3.05) is 0 Å². The maximum Gasteiger partial charge on any atom is -0.0122 e. The van der Waals surface area contributed by atoms with Gasteiger partial charge in [-0.05, 0) is 42.1 Å². The summed E-state index contributed by atoms with van der Waals surface area (Å²) in [6, 6.07) is 11.3. The van der Waals surface area contributed by atoms with Gasteiger partial charge in [-0.15, -0.1) is 0 Å². The van der Waals surface area contributed by atoms with Gasteiger partial charge in [-0.1, -0.05) is 100 Å². The van der Waals surface area contributed by atoms with Crippen molar-refractivity contribution in [3.8, 4) is 0 Å². The first-order valence-corrected chi connectivity index (χ1v) is 9.80. The molecule has 0 heterocycles. The number of rotatable bonds is 8. The molecular formula is C23H32. The Morgan fingerprint density at radius 2 is 1.61 bits per heavy atom. The lowest BCUT2D eigenvalue weighted by atomic mass is 9.79. The number of fused-ring (bicyclic) bond motifs is 1. The smallest absolute Gasteiger partial charge is 0.0122 e. The predicted molar refractivity (Wildman–Crippen MR) is 101 cm³/mol. The van der Waals surface area contributed by atoms with Gasteiger partial charge in [0.1, 0.15) is 0 Å². The van der Waals surface area contributed by atoms with E-state index in [1.165, 1.54) is 51.4 Å². The summed E-state index contributed by atoms with van der Waals surface area (Å²) in [5.41, 5.74) is 1.57. The molecule has 0 nitrogen and oxygen atoms in total. The zero-order chi connectivity index (χ0) is 15.9. The van der Waals surface area contributed by atoms with E-state index in [1.807, 2.05) is 0 Å². The summed E-state index contributed by atoms with van der Waals surface area (Å²) < 4.78 is 0. The molecule has 3 rings (SSSR count). The average Bonchev–Trinajstić information content (AvgIpc) is 2.97. The Kier molecular flexibility index (Phi) is 6.13. The van der Waals surface area contributed by atoms with Crippen LogP contribution in [0.15, 0.2) is 54.6 Å². The van der Waals surface area contributed by atoms with Crippen LogP contribution in [0.4, 0.5) is 0 Å². The molecule has 4 unspecified atom stereocenters. The minimum Gasteiger partial charge on any atom is -0.0808 e. The Bertz CT molecular complexity index is 510. The van der Waals surface area contributed by atoms with Crippen LogP contribution < -0.4 is 0 Å². The number of hydrogen-bond donors (Lipinski definition) is 0. The summed E-state index contributed by atoms with van der Waals surface area (Å²) in [5, 5.41) is 0. The molecule has 0 radical (unpaired) electrons. The van der Waals surface area contributed by atoms with Crippen molar-refractivity contribution in [1.82, 2.24) is 0 Å². The van der Waals surface area contributed by atoms with Crippen LogP contribution in [-0.4, -0.2) is 0 Å². The van der Waals surface area contributed by atoms with Crippen LogP contribution in [-0.2, 0) is 0 Å². The van der Waals surface area contributed by atoms with Gasteiger partial charge in [0, 0.05) is 0 Å². The van der Waals surface area contributed by atoms with Crippen molar-refractivity contribution in [1.29, 1.82) is 0 Å². The normalized spacial score (nSPS) is 28.9. The molecule has 0 spiro atoms. The highest BCUT2D eigenvalue weighted by molar-refractivity contribution is 5.27. The van der Waals surface area contributed by atoms with Crippen LogP contribution in [0.3, 0.4) is 0 Å². The van der Waals surface area contributed by atoms with Gasteiger partial charge in [-0.3, -0.25) is 0 Å². The van der Waals surface area contributed by atoms with E-state index < -0.39 is 0 Å². The van der Waals surface area contributed by atoms with E-state index in [2.05, 4.69) is 61.6 Å². The van der Waals surface area contributed by atoms with E-state index >= 15 is 0 Å². The third-order valence-corrected chi connectivity index (χ3v) is 5.95. The van der Waals surface area contributed by atoms with E-state index in [9.17, 15) is 0 Å². The lowest BCUT2D eigenvalue weighted by Gasteiger charge is -2.25. The molecular weight excluding hydrogens is 276 g/mol. The van der Waals surface area contributed by atoms with Crippen molar-refractivity contribution in [2.24, 2.45) is 17.8 Å². The number of allylic oxidation sites excluding steroid dienone is 4. The quantitative estimate of drug-likeness (QED) is 0.458. The predicted octanol–water partition coefficient (Wildman–Crippen LogP) is 6.90. The highest BCUT2D eigenvalue weighted by Gasteiger charge is 2.41. The molecule has 0 N–H and O–H groups in total. The van der Waals surface area contributed by atoms with Crippen molar-refractivity contribution in [3.05, 3.63) is 60.2 Å². The second kappa shape index (κ2) is 8.52. The Balaban J connectivity index is 1.61. The molecule has 1 saturated carbocycles. The molecule has 0 aromatic heterocycles. The van der Waals surface area contributed by atoms with Gasteiger partial charge in [0.05, 0.1) is 0 Å². The molecule has 0 amide bonds. The zero-order valence-corrected chi connectivity index (χ0v) is 14.7. The van der Waals surface area contributed by atoms with Crippen LogP contribution in [0.5, 0.6) is 0 Å². The first kappa shape index (κ1) is 16.6. The van der Waals surface area contributed by atoms with Crippen molar-refractivity contribution in [2.45, 2.75) is 64.2 Å². The second-order valence-corrected chi connectivity index (χ2v) is 7.48. The molecule has 124 valence electrons. The molecule has 0 heteroatoms. The lowest BCUT2D eigenvalue weighted by molar-refractivity contribution is 0.354. The van der Waals surface area contributed by atoms with Crippen molar-refractivity contribution >= 4 is 0 Å². The fourth-order valence-electron chi connectivity index (χ4n) is 4.74. The van der Waals surface area contributed by atoms with E-state index in [0.29, 0.717) is 0 Å². The van der Waals surface area contributed by atoms with Crippen molar-refractivity contribution in [3.63, 3.8) is 0 Å². The van der Waals surface area contributed by atoms with Crippen LogP contribution >= 0.6 is 0 Å². The maximum atomic E-state index is 2.50. The molecule has 1 aromatic rings. The summed E-state index contributed by atoms with van der Waals surface area (Å²) in [5.74, 6) is 3.15. The standard InChI is InChI=1S/C23H32/c1-2-3-4-5-6-10-17-22-21-16-12-11-15-20(21)18-23(22)19-13-8-7-9-14-19/h7-9,11-16,20-23H,2-6,10,17-18H2,1H3. The second-order valence-electron chi connectivity index (χ2n) is 7.48. The highest BCUT2D eigenvalue weighted by atomic mass is 14.4. The van der Waals surface area contributed by atoms with Gasteiger partial charge in [-0.2, -0.15) is 0 Å². The van der Waals surface area contributed by atoms with Gasteiger partial charge in [0.25, 0.3) is 0 Å². The SMILES string of the molecule is CCCCCCCCC1C(c2ccccc2)CC2C=CC=CC21. The van der Waals surface area contributed by atoms with Crippen LogP contribution in [0.25, 0.3) is 0 Å². The Labute approximate surface area is 142 Å². The van der Waals surface area contributed by atoms with Gasteiger partial charge in [-0.25, -0.2) is 0 Å². The van der Waals surface area contributed by atoms with Gasteiger partial charge in [0.15, 0.2) is 0 Å². The Morgan fingerprint density at radius 1 is 0.870 bits per heavy atom. The molecule has 23 heavy (non-hydrogen) atoms. The molecule has 4 atom stereocenters. The van der Waals surface area contributed by atoms with Crippen molar-refractivity contribution < 1.29 is 0 Å². The average molecular weight is 309 g/mol. The van der Waals surface area contributed by atoms with Crippen LogP contribution in [0.1, 0.15) is 69.8 Å². The van der Waals surface area contributed by atoms with E-state index in [-0.39, 0.29) is 0 Å². The first-order chi connectivity index (χ1) is 11.4. The Morgan fingerprint density at radius 3 is 2.43 bits per heavy atom. The third-order valence-electron chi connectivity index (χ3n) is 5.95. The molecule has 0 bridgehead atoms. The van der Waals surface area contributed by atoms with Gasteiger partial charge < -0.3 is 0 Å². The zero-order valence-electron chi connectivity index (χ0n) is 14.7. The molecule has 1 aromatic carbocycles. The lowest BCUT2D eigenvalue weighted by Crippen LogP contribution is -2.16. The minimum atomic E-state index is 0.759. The number of benzene rings is 1. The Hall–Kier alpha value is -1.30. The highest BCUT2D eigenvalue weighted by Crippen LogP contribution is 2.51. The number of unbranched alkanes of at least 4 members (excludes halogenated alkanes) is 5. The minimum absolute atomic E-state index is 0.759. The number of hydrogen-bond acceptors (Lipinski definition) is 0. The van der Waals surface area contributed by atoms with E-state index in [4.69, 9.17) is 0 Å². The molecule has 0 aliphatic heterocycles. The van der Waals surface area contributed by atoms with E-state index in [1.54, 1.807) is 5.56 Å².